The Hall–Kier alpha value is -3.56. The summed E-state index contributed by atoms with van der Waals surface area (Å²) >= 11 is 0. The van der Waals surface area contributed by atoms with E-state index >= 15 is 0 Å². The van der Waals surface area contributed by atoms with Crippen LogP contribution in [0.15, 0.2) is 36.5 Å². The second-order valence-corrected chi connectivity index (χ2v) is 8.23. The highest BCUT2D eigenvalue weighted by molar-refractivity contribution is 5.98. The van der Waals surface area contributed by atoms with E-state index in [1.807, 2.05) is 4.90 Å². The predicted octanol–water partition coefficient (Wildman–Crippen LogP) is 2.64. The van der Waals surface area contributed by atoms with Crippen molar-refractivity contribution in [2.75, 3.05) is 37.7 Å². The molecule has 1 aromatic heterocycles. The summed E-state index contributed by atoms with van der Waals surface area (Å²) in [6.45, 7) is 7.28. The zero-order valence-corrected chi connectivity index (χ0v) is 19.4. The van der Waals surface area contributed by atoms with Crippen molar-refractivity contribution in [2.24, 2.45) is 5.92 Å². The predicted molar refractivity (Wildman–Crippen MR) is 121 cm³/mol. The molecule has 2 aromatic rings. The number of ether oxygens (including phenoxy) is 1. The lowest BCUT2D eigenvalue weighted by atomic mass is 10.0. The Labute approximate surface area is 196 Å². The van der Waals surface area contributed by atoms with Gasteiger partial charge in [-0.25, -0.2) is 18.6 Å². The van der Waals surface area contributed by atoms with Crippen LogP contribution >= 0.6 is 0 Å². The molecule has 2 amide bonds. The second-order valence-electron chi connectivity index (χ2n) is 8.23. The van der Waals surface area contributed by atoms with Crippen LogP contribution in [-0.2, 0) is 9.53 Å². The minimum Gasteiger partial charge on any atom is -0.462 e. The zero-order valence-electron chi connectivity index (χ0n) is 19.4. The van der Waals surface area contributed by atoms with Crippen molar-refractivity contribution in [3.63, 3.8) is 0 Å². The van der Waals surface area contributed by atoms with Gasteiger partial charge in [0.25, 0.3) is 5.91 Å². The molecule has 0 unspecified atom stereocenters. The van der Waals surface area contributed by atoms with E-state index in [1.165, 1.54) is 12.3 Å². The van der Waals surface area contributed by atoms with Crippen molar-refractivity contribution >= 4 is 23.6 Å². The molecule has 1 fully saturated rings. The van der Waals surface area contributed by atoms with Crippen LogP contribution in [0.25, 0.3) is 0 Å². The molecule has 0 aliphatic carbocycles. The maximum atomic E-state index is 14.0. The quantitative estimate of drug-likeness (QED) is 0.621. The lowest BCUT2D eigenvalue weighted by Crippen LogP contribution is -2.56. The van der Waals surface area contributed by atoms with Gasteiger partial charge < -0.3 is 19.9 Å². The van der Waals surface area contributed by atoms with Gasteiger partial charge in [-0.2, -0.15) is 0 Å². The molecule has 1 aliphatic rings. The highest BCUT2D eigenvalue weighted by atomic mass is 19.1. The molecule has 0 saturated carbocycles. The molecule has 1 saturated heterocycles. The van der Waals surface area contributed by atoms with Crippen molar-refractivity contribution in [3.8, 4) is 0 Å². The van der Waals surface area contributed by atoms with Crippen LogP contribution in [0.4, 0.5) is 14.6 Å². The molecule has 34 heavy (non-hydrogen) atoms. The number of hydrogen-bond acceptors (Lipinski definition) is 6. The standard InChI is InChI=1S/C24H28F2N4O4/c1-4-34-24(33)16-8-9-19(27-14-16)29-10-12-30(13-11-29)23(32)21(15(2)3)28-22(31)20-17(25)6-5-7-18(20)26/h5-9,14-15,21H,4,10-13H2,1-3H3,(H,28,31)/t21-/m0/s1. The van der Waals surface area contributed by atoms with Gasteiger partial charge in [0.15, 0.2) is 0 Å². The van der Waals surface area contributed by atoms with E-state index in [0.717, 1.165) is 12.1 Å². The molecule has 0 spiro atoms. The molecular weight excluding hydrogens is 446 g/mol. The Kier molecular flexibility index (Phi) is 8.14. The summed E-state index contributed by atoms with van der Waals surface area (Å²) in [4.78, 5) is 45.4. The van der Waals surface area contributed by atoms with E-state index in [2.05, 4.69) is 10.3 Å². The number of carbonyl (C=O) groups excluding carboxylic acids is 3. The lowest BCUT2D eigenvalue weighted by molar-refractivity contribution is -0.134. The number of halogens is 2. The number of amides is 2. The number of anilines is 1. The average molecular weight is 475 g/mol. The molecule has 10 heteroatoms. The monoisotopic (exact) mass is 474 g/mol. The molecule has 182 valence electrons. The summed E-state index contributed by atoms with van der Waals surface area (Å²) < 4.78 is 32.9. The molecule has 1 N–H and O–H groups in total. The fourth-order valence-electron chi connectivity index (χ4n) is 3.70. The molecule has 0 radical (unpaired) electrons. The van der Waals surface area contributed by atoms with Crippen LogP contribution in [0.5, 0.6) is 0 Å². The van der Waals surface area contributed by atoms with Gasteiger partial charge in [0.1, 0.15) is 29.1 Å². The SMILES string of the molecule is CCOC(=O)c1ccc(N2CCN(C(=O)[C@@H](NC(=O)c3c(F)cccc3F)C(C)C)CC2)nc1. The summed E-state index contributed by atoms with van der Waals surface area (Å²) in [5.74, 6) is -3.30. The Bertz CT molecular complexity index is 1020. The van der Waals surface area contributed by atoms with Gasteiger partial charge in [0, 0.05) is 32.4 Å². The van der Waals surface area contributed by atoms with Gasteiger partial charge in [-0.3, -0.25) is 9.59 Å². The van der Waals surface area contributed by atoms with Crippen LogP contribution in [-0.4, -0.2) is 66.5 Å². The van der Waals surface area contributed by atoms with Crippen LogP contribution in [0.2, 0.25) is 0 Å². The minimum atomic E-state index is -0.984. The van der Waals surface area contributed by atoms with Crippen molar-refractivity contribution in [3.05, 3.63) is 59.3 Å². The van der Waals surface area contributed by atoms with E-state index in [-0.39, 0.29) is 18.4 Å². The average Bonchev–Trinajstić information content (AvgIpc) is 2.82. The number of piperazine rings is 1. The number of nitrogens with zero attached hydrogens (tertiary/aromatic N) is 3. The van der Waals surface area contributed by atoms with Crippen molar-refractivity contribution in [2.45, 2.75) is 26.8 Å². The van der Waals surface area contributed by atoms with Gasteiger partial charge >= 0.3 is 5.97 Å². The number of hydrogen-bond donors (Lipinski definition) is 1. The molecule has 0 bridgehead atoms. The first-order valence-electron chi connectivity index (χ1n) is 11.1. The van der Waals surface area contributed by atoms with Gasteiger partial charge in [-0.1, -0.05) is 19.9 Å². The number of aromatic nitrogens is 1. The summed E-state index contributed by atoms with van der Waals surface area (Å²) in [5.41, 5.74) is -0.343. The van der Waals surface area contributed by atoms with Crippen LogP contribution < -0.4 is 10.2 Å². The highest BCUT2D eigenvalue weighted by Gasteiger charge is 2.32. The van der Waals surface area contributed by atoms with Crippen LogP contribution in [0.1, 0.15) is 41.5 Å². The van der Waals surface area contributed by atoms with Gasteiger partial charge in [-0.05, 0) is 37.1 Å². The van der Waals surface area contributed by atoms with E-state index in [0.29, 0.717) is 37.6 Å². The molecular formula is C24H28F2N4O4. The Morgan fingerprint density at radius 1 is 1.06 bits per heavy atom. The topological polar surface area (TPSA) is 91.8 Å². The molecule has 1 aromatic carbocycles. The first kappa shape index (κ1) is 25.1. The summed E-state index contributed by atoms with van der Waals surface area (Å²) in [6.07, 6.45) is 1.46. The zero-order chi connectivity index (χ0) is 24.8. The molecule has 8 nitrogen and oxygen atoms in total. The smallest absolute Gasteiger partial charge is 0.339 e. The van der Waals surface area contributed by atoms with E-state index < -0.39 is 35.1 Å². The normalized spacial score (nSPS) is 14.6. The summed E-state index contributed by atoms with van der Waals surface area (Å²) in [7, 11) is 0. The van der Waals surface area contributed by atoms with Gasteiger partial charge in [0.05, 0.1) is 12.2 Å². The maximum absolute atomic E-state index is 14.0. The number of esters is 1. The van der Waals surface area contributed by atoms with Crippen LogP contribution in [0.3, 0.4) is 0 Å². The number of rotatable bonds is 7. The van der Waals surface area contributed by atoms with Crippen LogP contribution in [0, 0.1) is 17.6 Å². The number of carbonyl (C=O) groups is 3. The summed E-state index contributed by atoms with van der Waals surface area (Å²) in [5, 5.41) is 2.50. The summed E-state index contributed by atoms with van der Waals surface area (Å²) in [6, 6.07) is 5.60. The Balaban J connectivity index is 1.62. The van der Waals surface area contributed by atoms with Crippen molar-refractivity contribution < 1.29 is 27.9 Å². The van der Waals surface area contributed by atoms with E-state index in [1.54, 1.807) is 37.8 Å². The third-order valence-corrected chi connectivity index (χ3v) is 5.58. The van der Waals surface area contributed by atoms with Crippen molar-refractivity contribution in [1.29, 1.82) is 0 Å². The van der Waals surface area contributed by atoms with Gasteiger partial charge in [0.2, 0.25) is 5.91 Å². The largest absolute Gasteiger partial charge is 0.462 e. The molecule has 2 heterocycles. The third kappa shape index (κ3) is 5.67. The first-order chi connectivity index (χ1) is 16.2. The number of nitrogens with one attached hydrogen (secondary N) is 1. The lowest BCUT2D eigenvalue weighted by Gasteiger charge is -2.37. The molecule has 1 atom stereocenters. The van der Waals surface area contributed by atoms with E-state index in [4.69, 9.17) is 4.74 Å². The number of pyridine rings is 1. The Morgan fingerprint density at radius 2 is 1.71 bits per heavy atom. The minimum absolute atomic E-state index is 0.281. The van der Waals surface area contributed by atoms with Gasteiger partial charge in [-0.15, -0.1) is 0 Å². The highest BCUT2D eigenvalue weighted by Crippen LogP contribution is 2.18. The molecule has 3 rings (SSSR count). The number of benzene rings is 1. The third-order valence-electron chi connectivity index (χ3n) is 5.58. The second kappa shape index (κ2) is 11.0. The fourth-order valence-corrected chi connectivity index (χ4v) is 3.70. The van der Waals surface area contributed by atoms with Crippen molar-refractivity contribution in [1.82, 2.24) is 15.2 Å². The first-order valence-corrected chi connectivity index (χ1v) is 11.1. The maximum Gasteiger partial charge on any atom is 0.339 e. The fraction of sp³-hybridized carbons (Fsp3) is 0.417. The van der Waals surface area contributed by atoms with E-state index in [9.17, 15) is 23.2 Å². The molecule has 1 aliphatic heterocycles. The Morgan fingerprint density at radius 3 is 2.24 bits per heavy atom.